The van der Waals surface area contributed by atoms with Crippen molar-refractivity contribution in [3.05, 3.63) is 34.9 Å². The Morgan fingerprint density at radius 1 is 1.13 bits per heavy atom. The van der Waals surface area contributed by atoms with E-state index in [0.29, 0.717) is 18.3 Å². The first-order valence-corrected chi connectivity index (χ1v) is 8.36. The molecular formula is C18H18N2O3. The molecule has 2 unspecified atom stereocenters. The fraction of sp³-hybridized carbons (Fsp3) is 0.500. The predicted molar refractivity (Wildman–Crippen MR) is 81.5 cm³/mol. The molecule has 4 aliphatic rings. The van der Waals surface area contributed by atoms with Gasteiger partial charge in [-0.2, -0.15) is 0 Å². The fourth-order valence-corrected chi connectivity index (χ4v) is 4.72. The number of rotatable bonds is 1. The van der Waals surface area contributed by atoms with Gasteiger partial charge in [0.05, 0.1) is 6.04 Å². The van der Waals surface area contributed by atoms with Crippen LogP contribution in [0.4, 0.5) is 0 Å². The largest absolute Gasteiger partial charge is 0.319 e. The van der Waals surface area contributed by atoms with E-state index in [-0.39, 0.29) is 23.8 Å². The number of nitrogens with zero attached hydrogens (tertiary/aromatic N) is 1. The van der Waals surface area contributed by atoms with Gasteiger partial charge in [-0.25, -0.2) is 0 Å². The lowest BCUT2D eigenvalue weighted by Gasteiger charge is -2.38. The zero-order valence-corrected chi connectivity index (χ0v) is 12.8. The lowest BCUT2D eigenvalue weighted by atomic mass is 9.78. The van der Waals surface area contributed by atoms with Crippen LogP contribution in [0.1, 0.15) is 59.6 Å². The van der Waals surface area contributed by atoms with E-state index in [9.17, 15) is 14.4 Å². The second kappa shape index (κ2) is 4.22. The van der Waals surface area contributed by atoms with Crippen molar-refractivity contribution in [3.8, 4) is 0 Å². The van der Waals surface area contributed by atoms with E-state index in [4.69, 9.17) is 0 Å². The molecule has 2 heterocycles. The summed E-state index contributed by atoms with van der Waals surface area (Å²) in [5.74, 6) is -0.600. The summed E-state index contributed by atoms with van der Waals surface area (Å²) in [7, 11) is 0. The van der Waals surface area contributed by atoms with Crippen molar-refractivity contribution < 1.29 is 14.4 Å². The molecule has 23 heavy (non-hydrogen) atoms. The normalized spacial score (nSPS) is 30.4. The van der Waals surface area contributed by atoms with Gasteiger partial charge in [0.1, 0.15) is 6.04 Å². The van der Waals surface area contributed by atoms with E-state index < -0.39 is 6.04 Å². The number of piperidine rings is 1. The van der Waals surface area contributed by atoms with Crippen molar-refractivity contribution in [3.63, 3.8) is 0 Å². The molecule has 0 radical (unpaired) electrons. The average Bonchev–Trinajstić information content (AvgIpc) is 3.20. The lowest BCUT2D eigenvalue weighted by molar-refractivity contribution is -0.137. The summed E-state index contributed by atoms with van der Waals surface area (Å²) < 4.78 is 0. The monoisotopic (exact) mass is 310 g/mol. The maximum atomic E-state index is 13.0. The summed E-state index contributed by atoms with van der Waals surface area (Å²) >= 11 is 0. The minimum atomic E-state index is -0.514. The van der Waals surface area contributed by atoms with Crippen LogP contribution in [0.2, 0.25) is 0 Å². The standard InChI is InChI=1S/C18H18N2O3/c21-14-5-4-12(16(22)19-14)20-13-9-18(6-7-18)8-10-2-1-3-11(15(10)13)17(20)23/h1-3,12-13H,4-9H2,(H,19,21,22). The van der Waals surface area contributed by atoms with E-state index in [2.05, 4.69) is 11.4 Å². The summed E-state index contributed by atoms with van der Waals surface area (Å²) in [6.45, 7) is 0. The lowest BCUT2D eigenvalue weighted by Crippen LogP contribution is -2.54. The third-order valence-electron chi connectivity index (χ3n) is 6.03. The van der Waals surface area contributed by atoms with Crippen LogP contribution in [0.3, 0.4) is 0 Å². The fourth-order valence-electron chi connectivity index (χ4n) is 4.72. The third-order valence-corrected chi connectivity index (χ3v) is 6.03. The Balaban J connectivity index is 1.59. The molecular weight excluding hydrogens is 292 g/mol. The molecule has 2 fully saturated rings. The van der Waals surface area contributed by atoms with Gasteiger partial charge in [0, 0.05) is 12.0 Å². The van der Waals surface area contributed by atoms with Crippen molar-refractivity contribution in [2.24, 2.45) is 5.41 Å². The smallest absolute Gasteiger partial charge is 0.255 e. The first-order valence-electron chi connectivity index (χ1n) is 8.36. The Labute approximate surface area is 134 Å². The third kappa shape index (κ3) is 1.76. The number of imide groups is 1. The van der Waals surface area contributed by atoms with Crippen molar-refractivity contribution >= 4 is 17.7 Å². The topological polar surface area (TPSA) is 66.5 Å². The van der Waals surface area contributed by atoms with Gasteiger partial charge < -0.3 is 4.90 Å². The number of amides is 3. The maximum Gasteiger partial charge on any atom is 0.255 e. The highest BCUT2D eigenvalue weighted by atomic mass is 16.2. The van der Waals surface area contributed by atoms with E-state index in [1.54, 1.807) is 4.90 Å². The Hall–Kier alpha value is -2.17. The highest BCUT2D eigenvalue weighted by Gasteiger charge is 2.55. The van der Waals surface area contributed by atoms with E-state index >= 15 is 0 Å². The molecule has 1 aromatic carbocycles. The SMILES string of the molecule is O=C1CCC(N2C(=O)c3cccc4c3C2CC2(CC2)C4)C(=O)N1. The van der Waals surface area contributed by atoms with Crippen LogP contribution in [0.5, 0.6) is 0 Å². The zero-order chi connectivity index (χ0) is 15.8. The van der Waals surface area contributed by atoms with E-state index in [1.165, 1.54) is 18.4 Å². The van der Waals surface area contributed by atoms with Crippen molar-refractivity contribution in [1.82, 2.24) is 10.2 Å². The molecule has 1 spiro atoms. The van der Waals surface area contributed by atoms with Gasteiger partial charge in [-0.1, -0.05) is 12.1 Å². The van der Waals surface area contributed by atoms with E-state index in [0.717, 1.165) is 24.0 Å². The Morgan fingerprint density at radius 2 is 1.96 bits per heavy atom. The molecule has 1 N–H and O–H groups in total. The summed E-state index contributed by atoms with van der Waals surface area (Å²) in [6.07, 6.45) is 5.18. The van der Waals surface area contributed by atoms with Crippen LogP contribution < -0.4 is 5.32 Å². The first-order chi connectivity index (χ1) is 11.1. The molecule has 2 aliphatic carbocycles. The van der Waals surface area contributed by atoms with Crippen LogP contribution in [0.15, 0.2) is 18.2 Å². The second-order valence-electron chi connectivity index (χ2n) is 7.45. The average molecular weight is 310 g/mol. The Bertz CT molecular complexity index is 766. The van der Waals surface area contributed by atoms with Gasteiger partial charge in [0.2, 0.25) is 11.8 Å². The van der Waals surface area contributed by atoms with Crippen LogP contribution in [-0.2, 0) is 16.0 Å². The molecule has 0 bridgehead atoms. The molecule has 0 aromatic heterocycles. The molecule has 1 saturated heterocycles. The number of hydrogen-bond donors (Lipinski definition) is 1. The number of benzene rings is 1. The van der Waals surface area contributed by atoms with E-state index in [1.807, 2.05) is 12.1 Å². The highest BCUT2D eigenvalue weighted by Crippen LogP contribution is 2.61. The summed E-state index contributed by atoms with van der Waals surface area (Å²) in [4.78, 5) is 38.5. The molecule has 2 aliphatic heterocycles. The minimum Gasteiger partial charge on any atom is -0.319 e. The van der Waals surface area contributed by atoms with Gasteiger partial charge in [-0.3, -0.25) is 19.7 Å². The van der Waals surface area contributed by atoms with Gasteiger partial charge >= 0.3 is 0 Å². The number of nitrogens with one attached hydrogen (secondary N) is 1. The zero-order valence-electron chi connectivity index (χ0n) is 12.8. The van der Waals surface area contributed by atoms with Crippen LogP contribution in [0.25, 0.3) is 0 Å². The van der Waals surface area contributed by atoms with Crippen molar-refractivity contribution in [2.45, 2.75) is 50.6 Å². The molecule has 5 heteroatoms. The van der Waals surface area contributed by atoms with Crippen LogP contribution in [-0.4, -0.2) is 28.7 Å². The number of hydrogen-bond acceptors (Lipinski definition) is 3. The maximum absolute atomic E-state index is 13.0. The van der Waals surface area contributed by atoms with Crippen molar-refractivity contribution in [1.29, 1.82) is 0 Å². The number of carbonyl (C=O) groups excluding carboxylic acids is 3. The van der Waals surface area contributed by atoms with Crippen LogP contribution >= 0.6 is 0 Å². The van der Waals surface area contributed by atoms with Gasteiger partial charge in [0.25, 0.3) is 5.91 Å². The predicted octanol–water partition coefficient (Wildman–Crippen LogP) is 1.72. The van der Waals surface area contributed by atoms with Gasteiger partial charge in [-0.05, 0) is 54.7 Å². The minimum absolute atomic E-state index is 0.00824. The van der Waals surface area contributed by atoms with Gasteiger partial charge in [-0.15, -0.1) is 0 Å². The van der Waals surface area contributed by atoms with Gasteiger partial charge in [0.15, 0.2) is 0 Å². The highest BCUT2D eigenvalue weighted by molar-refractivity contribution is 6.06. The van der Waals surface area contributed by atoms with Crippen molar-refractivity contribution in [2.75, 3.05) is 0 Å². The molecule has 2 atom stereocenters. The quantitative estimate of drug-likeness (QED) is 0.803. The molecule has 1 saturated carbocycles. The molecule has 5 nitrogen and oxygen atoms in total. The number of carbonyl (C=O) groups is 3. The molecule has 3 amide bonds. The Kier molecular flexibility index (Phi) is 2.44. The molecule has 118 valence electrons. The summed E-state index contributed by atoms with van der Waals surface area (Å²) in [5.41, 5.74) is 3.51. The molecule has 5 rings (SSSR count). The first kappa shape index (κ1) is 13.3. The summed E-state index contributed by atoms with van der Waals surface area (Å²) in [6, 6.07) is 5.46. The second-order valence-corrected chi connectivity index (χ2v) is 7.45. The molecule has 1 aromatic rings. The van der Waals surface area contributed by atoms with Crippen LogP contribution in [0, 0.1) is 5.41 Å². The Morgan fingerprint density at radius 3 is 2.70 bits per heavy atom. The summed E-state index contributed by atoms with van der Waals surface area (Å²) in [5, 5.41) is 2.40.